The summed E-state index contributed by atoms with van der Waals surface area (Å²) in [5.41, 5.74) is 7.08. The molecule has 4 heteroatoms. The maximum Gasteiger partial charge on any atom is 0.165 e. The molecule has 0 aliphatic heterocycles. The van der Waals surface area contributed by atoms with E-state index in [-0.39, 0.29) is 0 Å². The molecule has 2 heterocycles. The average Bonchev–Trinajstić information content (AvgIpc) is 2.74. The van der Waals surface area contributed by atoms with Gasteiger partial charge in [0.05, 0.1) is 5.69 Å². The van der Waals surface area contributed by atoms with E-state index in [9.17, 15) is 0 Å². The van der Waals surface area contributed by atoms with Crippen molar-refractivity contribution in [3.8, 4) is 11.1 Å². The van der Waals surface area contributed by atoms with Gasteiger partial charge in [-0.05, 0) is 33.3 Å². The van der Waals surface area contributed by atoms with Crippen molar-refractivity contribution in [2.75, 3.05) is 0 Å². The SMILES string of the molecule is Cc1ccc(-c2c(C)nn3c(Cl)c(C)c(C)nc23)cc1. The first-order chi connectivity index (χ1) is 9.49. The first kappa shape index (κ1) is 13.1. The van der Waals surface area contributed by atoms with Crippen molar-refractivity contribution in [3.05, 3.63) is 51.9 Å². The van der Waals surface area contributed by atoms with Gasteiger partial charge < -0.3 is 0 Å². The number of benzene rings is 1. The fourth-order valence-corrected chi connectivity index (χ4v) is 2.62. The highest BCUT2D eigenvalue weighted by molar-refractivity contribution is 6.30. The second kappa shape index (κ2) is 4.60. The molecule has 0 saturated carbocycles. The highest BCUT2D eigenvalue weighted by Gasteiger charge is 2.17. The van der Waals surface area contributed by atoms with Gasteiger partial charge in [-0.3, -0.25) is 0 Å². The van der Waals surface area contributed by atoms with Crippen molar-refractivity contribution in [1.82, 2.24) is 14.6 Å². The Morgan fingerprint density at radius 1 is 0.950 bits per heavy atom. The summed E-state index contributed by atoms with van der Waals surface area (Å²) in [6.45, 7) is 8.01. The first-order valence-electron chi connectivity index (χ1n) is 6.58. The molecule has 102 valence electrons. The number of hydrogen-bond donors (Lipinski definition) is 0. The van der Waals surface area contributed by atoms with E-state index < -0.39 is 0 Å². The third-order valence-electron chi connectivity index (χ3n) is 3.69. The Morgan fingerprint density at radius 2 is 1.60 bits per heavy atom. The van der Waals surface area contributed by atoms with E-state index in [0.29, 0.717) is 5.15 Å². The lowest BCUT2D eigenvalue weighted by molar-refractivity contribution is 0.898. The fraction of sp³-hybridized carbons (Fsp3) is 0.250. The van der Waals surface area contributed by atoms with Crippen LogP contribution in [0.25, 0.3) is 16.8 Å². The zero-order chi connectivity index (χ0) is 14.4. The summed E-state index contributed by atoms with van der Waals surface area (Å²) in [6, 6.07) is 8.40. The van der Waals surface area contributed by atoms with Crippen molar-refractivity contribution in [1.29, 1.82) is 0 Å². The van der Waals surface area contributed by atoms with Crippen LogP contribution in [0.4, 0.5) is 0 Å². The van der Waals surface area contributed by atoms with Crippen LogP contribution >= 0.6 is 11.6 Å². The topological polar surface area (TPSA) is 30.2 Å². The van der Waals surface area contributed by atoms with Gasteiger partial charge in [-0.2, -0.15) is 5.10 Å². The van der Waals surface area contributed by atoms with Crippen LogP contribution in [0.1, 0.15) is 22.5 Å². The lowest BCUT2D eigenvalue weighted by Crippen LogP contribution is -1.99. The summed E-state index contributed by atoms with van der Waals surface area (Å²) < 4.78 is 1.73. The van der Waals surface area contributed by atoms with E-state index in [4.69, 9.17) is 11.6 Å². The minimum absolute atomic E-state index is 0.633. The van der Waals surface area contributed by atoms with Gasteiger partial charge in [0, 0.05) is 16.8 Å². The summed E-state index contributed by atoms with van der Waals surface area (Å²) in [7, 11) is 0. The molecule has 0 atom stereocenters. The maximum atomic E-state index is 6.39. The molecule has 0 N–H and O–H groups in total. The number of hydrogen-bond acceptors (Lipinski definition) is 2. The summed E-state index contributed by atoms with van der Waals surface area (Å²) in [5, 5.41) is 5.17. The Bertz CT molecular complexity index is 801. The second-order valence-electron chi connectivity index (χ2n) is 5.17. The third kappa shape index (κ3) is 1.90. The minimum atomic E-state index is 0.633. The van der Waals surface area contributed by atoms with Gasteiger partial charge in [-0.15, -0.1) is 0 Å². The number of fused-ring (bicyclic) bond motifs is 1. The predicted molar refractivity (Wildman–Crippen MR) is 82.4 cm³/mol. The van der Waals surface area contributed by atoms with Crippen molar-refractivity contribution >= 4 is 17.2 Å². The summed E-state index contributed by atoms with van der Waals surface area (Å²) in [5.74, 6) is 0. The molecule has 3 rings (SSSR count). The lowest BCUT2D eigenvalue weighted by Gasteiger charge is -2.06. The van der Waals surface area contributed by atoms with Gasteiger partial charge in [0.2, 0.25) is 0 Å². The van der Waals surface area contributed by atoms with Crippen molar-refractivity contribution in [2.24, 2.45) is 0 Å². The van der Waals surface area contributed by atoms with Gasteiger partial charge in [-0.25, -0.2) is 9.50 Å². The van der Waals surface area contributed by atoms with Crippen LogP contribution in [-0.4, -0.2) is 14.6 Å². The van der Waals surface area contributed by atoms with Gasteiger partial charge in [0.1, 0.15) is 5.15 Å². The molecule has 3 aromatic rings. The van der Waals surface area contributed by atoms with Gasteiger partial charge in [0.15, 0.2) is 5.65 Å². The van der Waals surface area contributed by atoms with Crippen molar-refractivity contribution < 1.29 is 0 Å². The molecule has 0 aliphatic rings. The van der Waals surface area contributed by atoms with Gasteiger partial charge in [-0.1, -0.05) is 41.4 Å². The van der Waals surface area contributed by atoms with E-state index in [2.05, 4.69) is 41.3 Å². The molecule has 0 saturated heterocycles. The number of aromatic nitrogens is 3. The highest BCUT2D eigenvalue weighted by atomic mass is 35.5. The third-order valence-corrected chi connectivity index (χ3v) is 4.13. The van der Waals surface area contributed by atoms with E-state index in [1.165, 1.54) is 5.56 Å². The Hall–Kier alpha value is -1.87. The van der Waals surface area contributed by atoms with E-state index in [1.807, 2.05) is 20.8 Å². The summed E-state index contributed by atoms with van der Waals surface area (Å²) in [4.78, 5) is 4.67. The normalized spacial score (nSPS) is 11.2. The number of nitrogens with zero attached hydrogens (tertiary/aromatic N) is 3. The van der Waals surface area contributed by atoms with E-state index in [0.717, 1.165) is 33.7 Å². The maximum absolute atomic E-state index is 6.39. The summed E-state index contributed by atoms with van der Waals surface area (Å²) in [6.07, 6.45) is 0. The first-order valence-corrected chi connectivity index (χ1v) is 6.96. The van der Waals surface area contributed by atoms with Crippen LogP contribution in [0.15, 0.2) is 24.3 Å². The molecule has 0 spiro atoms. The molecule has 3 nitrogen and oxygen atoms in total. The van der Waals surface area contributed by atoms with E-state index >= 15 is 0 Å². The molecule has 20 heavy (non-hydrogen) atoms. The fourth-order valence-electron chi connectivity index (χ4n) is 2.36. The molecule has 1 aromatic carbocycles. The molecule has 0 fully saturated rings. The molecule has 0 unspecified atom stereocenters. The molecular formula is C16H16ClN3. The Labute approximate surface area is 123 Å². The minimum Gasteiger partial charge on any atom is -0.233 e. The largest absolute Gasteiger partial charge is 0.233 e. The smallest absolute Gasteiger partial charge is 0.165 e. The van der Waals surface area contributed by atoms with Crippen LogP contribution < -0.4 is 0 Å². The average molecular weight is 286 g/mol. The standard InChI is InChI=1S/C16H16ClN3/c1-9-5-7-13(8-6-9)14-12(4)19-20-15(17)10(2)11(3)18-16(14)20/h5-8H,1-4H3. The van der Waals surface area contributed by atoms with Crippen LogP contribution in [0.3, 0.4) is 0 Å². The Kier molecular flexibility index (Phi) is 3.02. The van der Waals surface area contributed by atoms with Crippen LogP contribution in [-0.2, 0) is 0 Å². The highest BCUT2D eigenvalue weighted by Crippen LogP contribution is 2.30. The van der Waals surface area contributed by atoms with Crippen LogP contribution in [0, 0.1) is 27.7 Å². The molecule has 0 bridgehead atoms. The zero-order valence-electron chi connectivity index (χ0n) is 12.0. The molecular weight excluding hydrogens is 270 g/mol. The van der Waals surface area contributed by atoms with Crippen LogP contribution in [0.2, 0.25) is 5.15 Å². The Balaban J connectivity index is 2.36. The monoisotopic (exact) mass is 285 g/mol. The van der Waals surface area contributed by atoms with Crippen molar-refractivity contribution in [2.45, 2.75) is 27.7 Å². The van der Waals surface area contributed by atoms with Gasteiger partial charge >= 0.3 is 0 Å². The molecule has 0 radical (unpaired) electrons. The quantitative estimate of drug-likeness (QED) is 0.625. The zero-order valence-corrected chi connectivity index (χ0v) is 12.8. The number of halogens is 1. The number of aryl methyl sites for hydroxylation is 3. The summed E-state index contributed by atoms with van der Waals surface area (Å²) >= 11 is 6.39. The van der Waals surface area contributed by atoms with Crippen molar-refractivity contribution in [3.63, 3.8) is 0 Å². The molecule has 0 amide bonds. The lowest BCUT2D eigenvalue weighted by atomic mass is 10.0. The van der Waals surface area contributed by atoms with E-state index in [1.54, 1.807) is 4.52 Å². The molecule has 0 aliphatic carbocycles. The van der Waals surface area contributed by atoms with Gasteiger partial charge in [0.25, 0.3) is 0 Å². The second-order valence-corrected chi connectivity index (χ2v) is 5.53. The molecule has 2 aromatic heterocycles. The van der Waals surface area contributed by atoms with Crippen LogP contribution in [0.5, 0.6) is 0 Å². The predicted octanol–water partition coefficient (Wildman–Crippen LogP) is 4.28. The number of rotatable bonds is 1. The Morgan fingerprint density at radius 3 is 2.25 bits per heavy atom.